The van der Waals surface area contributed by atoms with Crippen molar-refractivity contribution in [2.24, 2.45) is 44.8 Å². The maximum atomic E-state index is 12.1. The molecule has 0 aromatic rings. The van der Waals surface area contributed by atoms with E-state index in [2.05, 4.69) is 34.6 Å². The topological polar surface area (TPSA) is 149 Å². The Kier molecular flexibility index (Phi) is 7.04. The van der Waals surface area contributed by atoms with E-state index in [1.165, 1.54) is 0 Å². The Balaban J connectivity index is 1.15. The van der Waals surface area contributed by atoms with E-state index in [-0.39, 0.29) is 52.3 Å². The highest BCUT2D eigenvalue weighted by molar-refractivity contribution is 5.33. The fourth-order valence-electron chi connectivity index (χ4n) is 13.4. The first-order valence-electron chi connectivity index (χ1n) is 17.4. The molecule has 0 aromatic heterocycles. The first-order chi connectivity index (χ1) is 20.3. The molecular weight excluding hydrogens is 564 g/mol. The Bertz CT molecular complexity index is 1160. The Hall–Kier alpha value is -0.360. The van der Waals surface area contributed by atoms with Crippen molar-refractivity contribution in [3.8, 4) is 0 Å². The second-order valence-electron chi connectivity index (χ2n) is 18.3. The third-order valence-corrected chi connectivity index (χ3v) is 15.5. The zero-order valence-electron chi connectivity index (χ0n) is 27.8. The minimum Gasteiger partial charge on any atom is -0.393 e. The molecule has 252 valence electrons. The third-order valence-electron chi connectivity index (χ3n) is 15.5. The highest BCUT2D eigenvalue weighted by Crippen LogP contribution is 2.89. The summed E-state index contributed by atoms with van der Waals surface area (Å²) in [4.78, 5) is 0. The van der Waals surface area contributed by atoms with E-state index in [0.29, 0.717) is 18.8 Å². The van der Waals surface area contributed by atoms with Crippen LogP contribution < -0.4 is 0 Å². The maximum absolute atomic E-state index is 12.1. The van der Waals surface area contributed by atoms with Crippen LogP contribution in [-0.4, -0.2) is 97.5 Å². The van der Waals surface area contributed by atoms with E-state index >= 15 is 0 Å². The number of aliphatic hydroxyl groups excluding tert-OH is 5. The molecule has 0 radical (unpaired) electrons. The smallest absolute Gasteiger partial charge is 0.186 e. The van der Waals surface area contributed by atoms with Crippen molar-refractivity contribution in [1.82, 2.24) is 0 Å². The van der Waals surface area contributed by atoms with Gasteiger partial charge in [0.25, 0.3) is 0 Å². The van der Waals surface area contributed by atoms with Crippen LogP contribution in [0.5, 0.6) is 0 Å². The standard InChI is InChI=1S/C35H58O9/c1-29(2)22(43-28-25(40)24(39)20(38)16-42-28)9-11-35-17-34(35)13-12-31(5)27(33(7)10-8-23(44-33)30(3,4)41)19(37)15-32(31,6)21(34)14-18(36)26(29)35/h18-28,36-41H,8-17H2,1-7H3/t18?,19?,20-,21+,22?,23?,24+,25-,26+,27+,28+,31-,32+,33+,34+,35-/m1/s1. The second kappa shape index (κ2) is 9.63. The summed E-state index contributed by atoms with van der Waals surface area (Å²) in [7, 11) is 0. The summed E-state index contributed by atoms with van der Waals surface area (Å²) in [5.74, 6) is 0.285. The number of aliphatic hydroxyl groups is 6. The van der Waals surface area contributed by atoms with Crippen LogP contribution in [0.1, 0.15) is 106 Å². The second-order valence-corrected chi connectivity index (χ2v) is 18.3. The number of hydrogen-bond donors (Lipinski definition) is 6. The number of hydrogen-bond acceptors (Lipinski definition) is 9. The maximum Gasteiger partial charge on any atom is 0.186 e. The molecule has 4 unspecified atom stereocenters. The quantitative estimate of drug-likeness (QED) is 0.260. The van der Waals surface area contributed by atoms with E-state index in [4.69, 9.17) is 14.2 Å². The van der Waals surface area contributed by atoms with E-state index in [1.807, 2.05) is 13.8 Å². The van der Waals surface area contributed by atoms with Gasteiger partial charge in [0.05, 0.1) is 42.2 Å². The molecule has 2 spiro atoms. The first-order valence-corrected chi connectivity index (χ1v) is 17.4. The van der Waals surface area contributed by atoms with Gasteiger partial charge in [-0.25, -0.2) is 0 Å². The van der Waals surface area contributed by atoms with Gasteiger partial charge in [-0.1, -0.05) is 27.7 Å². The van der Waals surface area contributed by atoms with Crippen molar-refractivity contribution in [1.29, 1.82) is 0 Å². The van der Waals surface area contributed by atoms with Gasteiger partial charge in [-0.15, -0.1) is 0 Å². The van der Waals surface area contributed by atoms with Crippen molar-refractivity contribution in [2.75, 3.05) is 6.61 Å². The molecule has 9 nitrogen and oxygen atoms in total. The van der Waals surface area contributed by atoms with Gasteiger partial charge >= 0.3 is 0 Å². The van der Waals surface area contributed by atoms with Crippen molar-refractivity contribution in [3.05, 3.63) is 0 Å². The molecule has 7 rings (SSSR count). The molecule has 0 aromatic carbocycles. The highest BCUT2D eigenvalue weighted by atomic mass is 16.7. The van der Waals surface area contributed by atoms with Crippen LogP contribution in [0.2, 0.25) is 0 Å². The molecule has 2 aliphatic heterocycles. The molecule has 0 amide bonds. The predicted molar refractivity (Wildman–Crippen MR) is 161 cm³/mol. The average Bonchev–Trinajstić information content (AvgIpc) is 3.27. The summed E-state index contributed by atoms with van der Waals surface area (Å²) < 4.78 is 18.7. The fourth-order valence-corrected chi connectivity index (χ4v) is 13.4. The molecule has 2 heterocycles. The number of fused-ring (bicyclic) bond motifs is 2. The van der Waals surface area contributed by atoms with E-state index in [9.17, 15) is 30.6 Å². The molecular formula is C35H58O9. The Morgan fingerprint density at radius 2 is 1.45 bits per heavy atom. The molecule has 5 saturated carbocycles. The normalized spacial score (nSPS) is 59.8. The van der Waals surface area contributed by atoms with Gasteiger partial charge in [0.1, 0.15) is 18.3 Å². The predicted octanol–water partition coefficient (Wildman–Crippen LogP) is 2.90. The third kappa shape index (κ3) is 3.97. The van der Waals surface area contributed by atoms with Crippen LogP contribution in [0.15, 0.2) is 0 Å². The molecule has 44 heavy (non-hydrogen) atoms. The van der Waals surface area contributed by atoms with E-state index in [0.717, 1.165) is 44.9 Å². The minimum absolute atomic E-state index is 0.00753. The van der Waals surface area contributed by atoms with Gasteiger partial charge in [-0.05, 0) is 117 Å². The molecule has 5 aliphatic carbocycles. The van der Waals surface area contributed by atoms with Gasteiger partial charge in [0.2, 0.25) is 0 Å². The molecule has 2 saturated heterocycles. The lowest BCUT2D eigenvalue weighted by Crippen LogP contribution is -2.63. The van der Waals surface area contributed by atoms with Crippen LogP contribution in [0.25, 0.3) is 0 Å². The lowest BCUT2D eigenvalue weighted by atomic mass is 9.41. The molecule has 6 N–H and O–H groups in total. The summed E-state index contributed by atoms with van der Waals surface area (Å²) in [6.07, 6.45) is 1.57. The molecule has 16 atom stereocenters. The average molecular weight is 623 g/mol. The fraction of sp³-hybridized carbons (Fsp3) is 1.00. The van der Waals surface area contributed by atoms with Crippen molar-refractivity contribution in [3.63, 3.8) is 0 Å². The first kappa shape index (κ1) is 32.2. The van der Waals surface area contributed by atoms with E-state index < -0.39 is 53.4 Å². The van der Waals surface area contributed by atoms with Crippen LogP contribution in [0.4, 0.5) is 0 Å². The lowest BCUT2D eigenvalue weighted by molar-refractivity contribution is -0.306. The Morgan fingerprint density at radius 1 is 0.750 bits per heavy atom. The summed E-state index contributed by atoms with van der Waals surface area (Å²) in [6.45, 7) is 14.8. The molecule has 9 heteroatoms. The largest absolute Gasteiger partial charge is 0.393 e. The summed E-state index contributed by atoms with van der Waals surface area (Å²) >= 11 is 0. The van der Waals surface area contributed by atoms with Crippen LogP contribution in [0.3, 0.4) is 0 Å². The molecule has 7 aliphatic rings. The van der Waals surface area contributed by atoms with Crippen molar-refractivity contribution < 1.29 is 44.8 Å². The van der Waals surface area contributed by atoms with Gasteiger partial charge < -0.3 is 44.8 Å². The molecule has 7 fully saturated rings. The van der Waals surface area contributed by atoms with Crippen molar-refractivity contribution in [2.45, 2.75) is 166 Å². The van der Waals surface area contributed by atoms with Crippen LogP contribution >= 0.6 is 0 Å². The summed E-state index contributed by atoms with van der Waals surface area (Å²) in [6, 6.07) is 0. The van der Waals surface area contributed by atoms with Gasteiger partial charge in [-0.3, -0.25) is 0 Å². The Morgan fingerprint density at radius 3 is 2.11 bits per heavy atom. The minimum atomic E-state index is -1.33. The SMILES string of the molecule is CC(C)(O)C1CC[C@@](C)([C@H]2C(O)C[C@@]3(C)[C@@H]4CC(O)[C@H]5C(C)(C)C(O[C@@H]6OC[C@@H](O)[C@H](O)[C@H]6O)CC[C@@]56C[C@@]46CC[C@]23C)O1. The monoisotopic (exact) mass is 622 g/mol. The van der Waals surface area contributed by atoms with Crippen LogP contribution in [-0.2, 0) is 14.2 Å². The number of rotatable bonds is 4. The Labute approximate surface area is 262 Å². The zero-order valence-corrected chi connectivity index (χ0v) is 27.8. The summed E-state index contributed by atoms with van der Waals surface area (Å²) in [5.41, 5.74) is -2.01. The molecule has 0 bridgehead atoms. The summed E-state index contributed by atoms with van der Waals surface area (Å²) in [5, 5.41) is 65.5. The van der Waals surface area contributed by atoms with Crippen LogP contribution in [0, 0.1) is 44.8 Å². The van der Waals surface area contributed by atoms with Crippen molar-refractivity contribution >= 4 is 0 Å². The highest BCUT2D eigenvalue weighted by Gasteiger charge is 2.85. The zero-order chi connectivity index (χ0) is 32.0. The van der Waals surface area contributed by atoms with Gasteiger partial charge in [0, 0.05) is 5.92 Å². The lowest BCUT2D eigenvalue weighted by Gasteiger charge is -2.64. The van der Waals surface area contributed by atoms with E-state index in [1.54, 1.807) is 0 Å². The van der Waals surface area contributed by atoms with Gasteiger partial charge in [-0.2, -0.15) is 0 Å². The van der Waals surface area contributed by atoms with Gasteiger partial charge in [0.15, 0.2) is 6.29 Å². The number of ether oxygens (including phenoxy) is 3.